The first-order valence-corrected chi connectivity index (χ1v) is 6.89. The predicted octanol–water partition coefficient (Wildman–Crippen LogP) is -5.33. The van der Waals surface area contributed by atoms with Gasteiger partial charge in [-0.3, -0.25) is 0 Å². The van der Waals surface area contributed by atoms with Crippen molar-refractivity contribution in [2.45, 2.75) is 54.4 Å². The maximum Gasteiger partial charge on any atom is 0.145 e. The van der Waals surface area contributed by atoms with Crippen molar-refractivity contribution in [1.29, 1.82) is 0 Å². The van der Waals surface area contributed by atoms with Gasteiger partial charge in [0.25, 0.3) is 0 Å². The topological polar surface area (TPSA) is 180 Å². The molecule has 0 bridgehead atoms. The van der Waals surface area contributed by atoms with Gasteiger partial charge in [-0.2, -0.15) is 0 Å². The molecule has 2 aliphatic heterocycles. The van der Waals surface area contributed by atoms with Crippen molar-refractivity contribution >= 4 is 0 Å². The maximum atomic E-state index is 10.6. The van der Waals surface area contributed by atoms with Gasteiger partial charge < -0.3 is 50.3 Å². The molecule has 2 heterocycles. The summed E-state index contributed by atoms with van der Waals surface area (Å²) in [5, 5.41) is 78.1. The van der Waals surface area contributed by atoms with Gasteiger partial charge in [0.1, 0.15) is 54.4 Å². The van der Waals surface area contributed by atoms with E-state index >= 15 is 0 Å². The van der Waals surface area contributed by atoms with Gasteiger partial charge in [-0.1, -0.05) is 0 Å². The zero-order valence-electron chi connectivity index (χ0n) is 11.6. The Bertz CT molecular complexity index is 379. The first kappa shape index (κ1) is 17.9. The summed E-state index contributed by atoms with van der Waals surface area (Å²) in [5.41, 5.74) is -2.31. The lowest BCUT2D eigenvalue weighted by molar-refractivity contribution is -0.323. The van der Waals surface area contributed by atoms with E-state index in [4.69, 9.17) is 19.7 Å². The lowest BCUT2D eigenvalue weighted by atomic mass is 9.78. The van der Waals surface area contributed by atoms with E-state index in [1.807, 2.05) is 0 Å². The van der Waals surface area contributed by atoms with Crippen molar-refractivity contribution in [2.24, 2.45) is 0 Å². The first-order valence-electron chi connectivity index (χ1n) is 6.89. The van der Waals surface area contributed by atoms with E-state index in [-0.39, 0.29) is 0 Å². The fraction of sp³-hybridized carbons (Fsp3) is 1.00. The molecule has 10 nitrogen and oxygen atoms in total. The molecule has 0 spiro atoms. The highest BCUT2D eigenvalue weighted by Crippen LogP contribution is 2.35. The molecule has 0 aromatic heterocycles. The number of rotatable bonds is 3. The summed E-state index contributed by atoms with van der Waals surface area (Å²) in [6.07, 6.45) is -12.7. The quantitative estimate of drug-likeness (QED) is 0.249. The third kappa shape index (κ3) is 2.76. The van der Waals surface area contributed by atoms with Crippen molar-refractivity contribution in [3.8, 4) is 0 Å². The molecule has 130 valence electrons. The average molecular weight is 326 g/mol. The van der Waals surface area contributed by atoms with Crippen molar-refractivity contribution < 1.29 is 50.3 Å². The Balaban J connectivity index is 2.24. The molecule has 0 unspecified atom stereocenters. The number of ether oxygens (including phenoxy) is 2. The molecule has 0 radical (unpaired) electrons. The van der Waals surface area contributed by atoms with E-state index in [0.29, 0.717) is 0 Å². The number of aliphatic hydroxyl groups excluding tert-OH is 7. The summed E-state index contributed by atoms with van der Waals surface area (Å²) in [5.74, 6) is 0. The van der Waals surface area contributed by atoms with Gasteiger partial charge in [0.15, 0.2) is 0 Å². The van der Waals surface area contributed by atoms with E-state index in [2.05, 4.69) is 0 Å². The normalized spacial score (nSPS) is 53.5. The summed E-state index contributed by atoms with van der Waals surface area (Å²) in [6, 6.07) is 0. The SMILES string of the molecule is OC[C@@H]1O[C@H]([C@@]2(O)CO[C@@H](CO)[C@H](O)[C@H]2O)[C@@H](O)[C@H](O)[C@H]1O. The van der Waals surface area contributed by atoms with Crippen LogP contribution in [-0.2, 0) is 9.47 Å². The molecule has 8 N–H and O–H groups in total. The fourth-order valence-corrected chi connectivity index (χ4v) is 2.85. The predicted molar refractivity (Wildman–Crippen MR) is 67.6 cm³/mol. The molecule has 2 aliphatic rings. The Hall–Kier alpha value is -0.400. The minimum atomic E-state index is -2.31. The van der Waals surface area contributed by atoms with Crippen LogP contribution >= 0.6 is 0 Å². The summed E-state index contributed by atoms with van der Waals surface area (Å²) in [4.78, 5) is 0. The second-order valence-electron chi connectivity index (χ2n) is 5.71. The first-order chi connectivity index (χ1) is 10.3. The molecule has 2 fully saturated rings. The molecule has 0 aromatic carbocycles. The summed E-state index contributed by atoms with van der Waals surface area (Å²) in [6.45, 7) is -1.89. The number of hydrogen-bond acceptors (Lipinski definition) is 10. The second-order valence-corrected chi connectivity index (χ2v) is 5.71. The van der Waals surface area contributed by atoms with Gasteiger partial charge in [-0.15, -0.1) is 0 Å². The van der Waals surface area contributed by atoms with E-state index in [1.54, 1.807) is 0 Å². The summed E-state index contributed by atoms with van der Waals surface area (Å²) < 4.78 is 10.2. The fourth-order valence-electron chi connectivity index (χ4n) is 2.85. The van der Waals surface area contributed by atoms with E-state index < -0.39 is 74.3 Å². The smallest absolute Gasteiger partial charge is 0.145 e. The van der Waals surface area contributed by atoms with E-state index in [9.17, 15) is 30.6 Å². The molecule has 22 heavy (non-hydrogen) atoms. The molecule has 0 amide bonds. The van der Waals surface area contributed by atoms with Crippen LogP contribution in [0, 0.1) is 0 Å². The van der Waals surface area contributed by atoms with Crippen LogP contribution in [0.1, 0.15) is 0 Å². The maximum absolute atomic E-state index is 10.6. The molecular weight excluding hydrogens is 304 g/mol. The van der Waals surface area contributed by atoms with Crippen LogP contribution < -0.4 is 0 Å². The molecule has 9 atom stereocenters. The van der Waals surface area contributed by atoms with Crippen LogP contribution in [0.25, 0.3) is 0 Å². The van der Waals surface area contributed by atoms with Crippen LogP contribution in [0.4, 0.5) is 0 Å². The molecule has 10 heteroatoms. The zero-order chi connectivity index (χ0) is 16.7. The lowest BCUT2D eigenvalue weighted by Gasteiger charge is -2.51. The Morgan fingerprint density at radius 3 is 1.95 bits per heavy atom. The standard InChI is InChI=1S/C12H22O10/c13-1-4-7(16)10(19)12(20,3-21-4)11-9(18)8(17)6(15)5(2-14)22-11/h4-11,13-20H,1-3H2/t4-,5-,6-,7-,8+,9-,10+,11-,12+/m0/s1. The molecule has 0 aliphatic carbocycles. The van der Waals surface area contributed by atoms with Crippen LogP contribution in [0.15, 0.2) is 0 Å². The van der Waals surface area contributed by atoms with Crippen molar-refractivity contribution in [3.63, 3.8) is 0 Å². The van der Waals surface area contributed by atoms with Gasteiger partial charge in [-0.25, -0.2) is 0 Å². The number of aliphatic hydroxyl groups is 8. The van der Waals surface area contributed by atoms with Gasteiger partial charge in [-0.05, 0) is 0 Å². The van der Waals surface area contributed by atoms with E-state index in [0.717, 1.165) is 0 Å². The van der Waals surface area contributed by atoms with Crippen LogP contribution in [-0.4, -0.2) is 115 Å². The Labute approximate surface area is 125 Å². The monoisotopic (exact) mass is 326 g/mol. The minimum Gasteiger partial charge on any atom is -0.394 e. The minimum absolute atomic E-state index is 0.594. The van der Waals surface area contributed by atoms with Gasteiger partial charge >= 0.3 is 0 Å². The van der Waals surface area contributed by atoms with Crippen molar-refractivity contribution in [2.75, 3.05) is 19.8 Å². The largest absolute Gasteiger partial charge is 0.394 e. The van der Waals surface area contributed by atoms with Crippen LogP contribution in [0.2, 0.25) is 0 Å². The molecule has 2 saturated heterocycles. The average Bonchev–Trinajstić information content (AvgIpc) is 2.51. The lowest BCUT2D eigenvalue weighted by Crippen LogP contribution is -2.73. The second kappa shape index (κ2) is 6.61. The molecule has 0 aromatic rings. The summed E-state index contributed by atoms with van der Waals surface area (Å²) in [7, 11) is 0. The van der Waals surface area contributed by atoms with Gasteiger partial charge in [0.2, 0.25) is 0 Å². The molecule has 0 saturated carbocycles. The third-order valence-electron chi connectivity index (χ3n) is 4.31. The van der Waals surface area contributed by atoms with Crippen LogP contribution in [0.5, 0.6) is 0 Å². The molecular formula is C12H22O10. The number of hydrogen-bond donors (Lipinski definition) is 8. The third-order valence-corrected chi connectivity index (χ3v) is 4.31. The van der Waals surface area contributed by atoms with E-state index in [1.165, 1.54) is 0 Å². The Morgan fingerprint density at radius 1 is 0.818 bits per heavy atom. The highest BCUT2D eigenvalue weighted by atomic mass is 16.6. The highest BCUT2D eigenvalue weighted by molar-refractivity contribution is 5.08. The Morgan fingerprint density at radius 2 is 1.41 bits per heavy atom. The highest BCUT2D eigenvalue weighted by Gasteiger charge is 2.59. The van der Waals surface area contributed by atoms with Gasteiger partial charge in [0, 0.05) is 0 Å². The Kier molecular flexibility index (Phi) is 5.39. The van der Waals surface area contributed by atoms with Crippen molar-refractivity contribution in [1.82, 2.24) is 0 Å². The zero-order valence-corrected chi connectivity index (χ0v) is 11.6. The molecule has 2 rings (SSSR count). The van der Waals surface area contributed by atoms with Crippen LogP contribution in [0.3, 0.4) is 0 Å². The van der Waals surface area contributed by atoms with Crippen molar-refractivity contribution in [3.05, 3.63) is 0 Å². The summed E-state index contributed by atoms with van der Waals surface area (Å²) >= 11 is 0. The van der Waals surface area contributed by atoms with Gasteiger partial charge in [0.05, 0.1) is 19.8 Å².